The Morgan fingerprint density at radius 1 is 1.12 bits per heavy atom. The summed E-state index contributed by atoms with van der Waals surface area (Å²) >= 11 is 1.52. The summed E-state index contributed by atoms with van der Waals surface area (Å²) in [7, 11) is -3.89. The number of amides is 1. The normalized spacial score (nSPS) is 21.7. The fourth-order valence-electron chi connectivity index (χ4n) is 6.09. The molecule has 4 aromatic rings. The van der Waals surface area contributed by atoms with Crippen LogP contribution in [0.3, 0.4) is 0 Å². The van der Waals surface area contributed by atoms with Crippen molar-refractivity contribution in [1.82, 2.24) is 29.5 Å². The molecule has 2 fully saturated rings. The first kappa shape index (κ1) is 28.5. The lowest BCUT2D eigenvalue weighted by molar-refractivity contribution is -0.173. The number of aromatic nitrogens is 5. The van der Waals surface area contributed by atoms with Gasteiger partial charge in [-0.05, 0) is 38.7 Å². The number of thiazole rings is 1. The van der Waals surface area contributed by atoms with Crippen molar-refractivity contribution in [2.75, 3.05) is 12.0 Å². The smallest absolute Gasteiger partial charge is 0.382 e. The second-order valence-electron chi connectivity index (χ2n) is 10.8. The van der Waals surface area contributed by atoms with Crippen molar-refractivity contribution < 1.29 is 26.4 Å². The summed E-state index contributed by atoms with van der Waals surface area (Å²) < 4.78 is 66.9. The molecule has 0 saturated carbocycles. The molecule has 0 spiro atoms. The number of rotatable bonds is 5. The van der Waals surface area contributed by atoms with Gasteiger partial charge in [0.25, 0.3) is 0 Å². The van der Waals surface area contributed by atoms with Gasteiger partial charge in [0.1, 0.15) is 15.7 Å². The molecular formula is C26H27F3N8O3S2. The number of fused-ring (bicyclic) bond motifs is 3. The Bertz CT molecular complexity index is 1790. The van der Waals surface area contributed by atoms with E-state index in [1.54, 1.807) is 12.4 Å². The number of piperidine rings is 1. The summed E-state index contributed by atoms with van der Waals surface area (Å²) in [6.45, 7) is 1.96. The molecule has 4 N–H and O–H groups in total. The molecule has 2 aliphatic rings. The first-order chi connectivity index (χ1) is 19.7. The van der Waals surface area contributed by atoms with Gasteiger partial charge < -0.3 is 16.4 Å². The van der Waals surface area contributed by atoms with E-state index in [1.165, 1.54) is 26.9 Å². The standard InChI is InChI=1S/C26H27F3N8O3S2/c1-12-9-33-24(41-12)18-6-3-13(10-32-18)17-11-34-37-22(31)20(42(2,39)40)19(35-23(17)37)14-7-15-4-5-16(8-14)36(15)25(38)21(30)26(27,28)29/h3,6,9-11,14-16,21H,4-5,7-8,30-31H2,1-2H3. The van der Waals surface area contributed by atoms with Gasteiger partial charge in [0, 0.05) is 52.7 Å². The van der Waals surface area contributed by atoms with Crippen molar-refractivity contribution in [3.05, 3.63) is 41.3 Å². The summed E-state index contributed by atoms with van der Waals surface area (Å²) in [4.78, 5) is 28.5. The molecule has 6 heterocycles. The van der Waals surface area contributed by atoms with Crippen molar-refractivity contribution in [1.29, 1.82) is 0 Å². The van der Waals surface area contributed by atoms with Crippen LogP contribution in [0.2, 0.25) is 0 Å². The average Bonchev–Trinajstić information content (AvgIpc) is 3.62. The van der Waals surface area contributed by atoms with Gasteiger partial charge in [-0.15, -0.1) is 11.3 Å². The van der Waals surface area contributed by atoms with E-state index < -0.39 is 46.0 Å². The summed E-state index contributed by atoms with van der Waals surface area (Å²) in [5, 5.41) is 5.09. The van der Waals surface area contributed by atoms with Gasteiger partial charge in [0.05, 0.1) is 17.6 Å². The quantitative estimate of drug-likeness (QED) is 0.341. The largest absolute Gasteiger partial charge is 0.412 e. The van der Waals surface area contributed by atoms with Crippen LogP contribution < -0.4 is 11.5 Å². The third-order valence-corrected chi connectivity index (χ3v) is 10.0. The van der Waals surface area contributed by atoms with Crippen molar-refractivity contribution >= 4 is 38.5 Å². The number of aryl methyl sites for hydroxylation is 1. The number of carbonyl (C=O) groups excluding carboxylic acids is 1. The number of hydrogen-bond donors (Lipinski definition) is 2. The molecule has 4 aromatic heterocycles. The number of alkyl halides is 3. The molecule has 222 valence electrons. The Labute approximate surface area is 242 Å². The third kappa shape index (κ3) is 4.80. The number of carbonyl (C=O) groups is 1. The van der Waals surface area contributed by atoms with Crippen molar-refractivity contribution in [2.45, 2.75) is 67.7 Å². The van der Waals surface area contributed by atoms with E-state index in [1.807, 2.05) is 19.1 Å². The molecule has 3 unspecified atom stereocenters. The summed E-state index contributed by atoms with van der Waals surface area (Å²) in [5.74, 6) is -1.75. The zero-order valence-electron chi connectivity index (χ0n) is 22.5. The molecule has 2 saturated heterocycles. The van der Waals surface area contributed by atoms with Crippen LogP contribution in [0.5, 0.6) is 0 Å². The Kier molecular flexibility index (Phi) is 6.77. The molecular weight excluding hydrogens is 593 g/mol. The number of nitrogens with two attached hydrogens (primary N) is 2. The van der Waals surface area contributed by atoms with Gasteiger partial charge in [-0.1, -0.05) is 6.07 Å². The maximum atomic E-state index is 13.2. The molecule has 42 heavy (non-hydrogen) atoms. The number of nitrogens with zero attached hydrogens (tertiary/aromatic N) is 6. The minimum absolute atomic E-state index is 0.114. The molecule has 0 radical (unpaired) electrons. The molecule has 1 amide bonds. The van der Waals surface area contributed by atoms with Crippen LogP contribution in [-0.4, -0.2) is 74.3 Å². The molecule has 2 bridgehead atoms. The van der Waals surface area contributed by atoms with Crippen LogP contribution in [0.15, 0.2) is 35.6 Å². The molecule has 3 atom stereocenters. The van der Waals surface area contributed by atoms with E-state index in [4.69, 9.17) is 16.5 Å². The van der Waals surface area contributed by atoms with Gasteiger partial charge >= 0.3 is 6.18 Å². The monoisotopic (exact) mass is 620 g/mol. The van der Waals surface area contributed by atoms with E-state index in [0.717, 1.165) is 16.1 Å². The number of nitrogen functional groups attached to an aromatic ring is 1. The Morgan fingerprint density at radius 2 is 1.81 bits per heavy atom. The maximum Gasteiger partial charge on any atom is 0.412 e. The van der Waals surface area contributed by atoms with Crippen LogP contribution in [0, 0.1) is 6.92 Å². The first-order valence-electron chi connectivity index (χ1n) is 13.1. The highest BCUT2D eigenvalue weighted by Gasteiger charge is 2.51. The van der Waals surface area contributed by atoms with E-state index in [9.17, 15) is 26.4 Å². The Hall–Kier alpha value is -3.63. The van der Waals surface area contributed by atoms with Gasteiger partial charge in [-0.3, -0.25) is 9.78 Å². The van der Waals surface area contributed by atoms with Gasteiger partial charge in [0.15, 0.2) is 21.5 Å². The molecule has 2 aliphatic heterocycles. The van der Waals surface area contributed by atoms with E-state index in [-0.39, 0.29) is 29.2 Å². The average molecular weight is 621 g/mol. The lowest BCUT2D eigenvalue weighted by atomic mass is 9.87. The predicted octanol–water partition coefficient (Wildman–Crippen LogP) is 3.34. The third-order valence-electron chi connectivity index (χ3n) is 7.94. The number of anilines is 1. The molecule has 6 rings (SSSR count). The van der Waals surface area contributed by atoms with Gasteiger partial charge in [0.2, 0.25) is 5.91 Å². The highest BCUT2D eigenvalue weighted by atomic mass is 32.2. The van der Waals surface area contributed by atoms with Crippen LogP contribution in [0.4, 0.5) is 19.0 Å². The number of hydrogen-bond acceptors (Lipinski definition) is 10. The lowest BCUT2D eigenvalue weighted by Gasteiger charge is -2.40. The topological polar surface area (TPSA) is 162 Å². The zero-order chi connectivity index (χ0) is 30.1. The van der Waals surface area contributed by atoms with Crippen molar-refractivity contribution in [2.24, 2.45) is 5.73 Å². The second kappa shape index (κ2) is 9.98. The van der Waals surface area contributed by atoms with E-state index >= 15 is 0 Å². The second-order valence-corrected chi connectivity index (χ2v) is 14.0. The SMILES string of the molecule is Cc1cnc(-c2ccc(-c3cnn4c(N)c(S(C)(=O)=O)c(C5CC6CCC(C5)N6C(=O)C(N)C(F)(F)F)nc34)cn2)s1. The number of halogens is 3. The van der Waals surface area contributed by atoms with E-state index in [2.05, 4.69) is 15.1 Å². The minimum atomic E-state index is -4.86. The molecule has 0 aromatic carbocycles. The van der Waals surface area contributed by atoms with E-state index in [0.29, 0.717) is 35.3 Å². The van der Waals surface area contributed by atoms with Crippen LogP contribution >= 0.6 is 11.3 Å². The van der Waals surface area contributed by atoms with Crippen molar-refractivity contribution in [3.63, 3.8) is 0 Å². The summed E-state index contributed by atoms with van der Waals surface area (Å²) in [5.41, 5.74) is 14.1. The molecule has 11 nitrogen and oxygen atoms in total. The highest BCUT2D eigenvalue weighted by molar-refractivity contribution is 7.91. The Balaban J connectivity index is 1.39. The summed E-state index contributed by atoms with van der Waals surface area (Å²) in [6, 6.07) is -0.00838. The lowest BCUT2D eigenvalue weighted by Crippen LogP contribution is -2.57. The van der Waals surface area contributed by atoms with Crippen LogP contribution in [0.1, 0.15) is 42.2 Å². The molecule has 0 aliphatic carbocycles. The molecule has 16 heteroatoms. The first-order valence-corrected chi connectivity index (χ1v) is 15.9. The van der Waals surface area contributed by atoms with Crippen LogP contribution in [0.25, 0.3) is 27.5 Å². The summed E-state index contributed by atoms with van der Waals surface area (Å²) in [6.07, 6.45) is 2.54. The fraction of sp³-hybridized carbons (Fsp3) is 0.423. The Morgan fingerprint density at radius 3 is 2.36 bits per heavy atom. The van der Waals surface area contributed by atoms with Gasteiger partial charge in [-0.2, -0.15) is 22.8 Å². The minimum Gasteiger partial charge on any atom is -0.382 e. The van der Waals surface area contributed by atoms with Crippen LogP contribution in [-0.2, 0) is 14.6 Å². The number of pyridine rings is 1. The number of sulfone groups is 1. The highest BCUT2D eigenvalue weighted by Crippen LogP contribution is 2.46. The maximum absolute atomic E-state index is 13.2. The zero-order valence-corrected chi connectivity index (χ0v) is 24.2. The van der Waals surface area contributed by atoms with Crippen molar-refractivity contribution in [3.8, 4) is 21.8 Å². The predicted molar refractivity (Wildman–Crippen MR) is 149 cm³/mol. The van der Waals surface area contributed by atoms with Gasteiger partial charge in [-0.25, -0.2) is 18.4 Å². The fourth-order valence-corrected chi connectivity index (χ4v) is 7.89.